The van der Waals surface area contributed by atoms with Crippen molar-refractivity contribution in [1.82, 2.24) is 4.57 Å². The molecule has 0 spiro atoms. The zero-order valence-electron chi connectivity index (χ0n) is 26.3. The molecule has 12 heteroatoms. The van der Waals surface area contributed by atoms with Gasteiger partial charge in [0.2, 0.25) is 0 Å². The van der Waals surface area contributed by atoms with Crippen molar-refractivity contribution in [3.05, 3.63) is 118 Å². The van der Waals surface area contributed by atoms with E-state index in [1.165, 1.54) is 11.7 Å². The molecule has 0 radical (unpaired) electrons. The summed E-state index contributed by atoms with van der Waals surface area (Å²) in [6.45, 7) is 7.46. The molecule has 9 nitrogen and oxygen atoms in total. The van der Waals surface area contributed by atoms with Crippen molar-refractivity contribution < 1.29 is 23.7 Å². The van der Waals surface area contributed by atoms with Crippen molar-refractivity contribution in [3.63, 3.8) is 0 Å². The van der Waals surface area contributed by atoms with Crippen LogP contribution in [-0.4, -0.2) is 30.4 Å². The highest BCUT2D eigenvalue weighted by Gasteiger charge is 2.34. The lowest BCUT2D eigenvalue weighted by atomic mass is 9.95. The number of carbonyl (C=O) groups excluding carboxylic acids is 1. The Bertz CT molecular complexity index is 2110. The lowest BCUT2D eigenvalue weighted by Crippen LogP contribution is -2.40. The van der Waals surface area contributed by atoms with Crippen molar-refractivity contribution >= 4 is 46.6 Å². The molecular formula is C35H31Cl2N3O6S. The van der Waals surface area contributed by atoms with Crippen molar-refractivity contribution in [2.24, 2.45) is 4.99 Å². The summed E-state index contributed by atoms with van der Waals surface area (Å²) in [5.74, 6) is 0.689. The first kappa shape index (κ1) is 33.8. The van der Waals surface area contributed by atoms with E-state index in [0.717, 1.165) is 11.3 Å². The molecule has 3 aromatic carbocycles. The van der Waals surface area contributed by atoms with Crippen molar-refractivity contribution in [1.29, 1.82) is 5.26 Å². The predicted molar refractivity (Wildman–Crippen MR) is 181 cm³/mol. The van der Waals surface area contributed by atoms with Crippen LogP contribution in [0.25, 0.3) is 6.08 Å². The zero-order chi connectivity index (χ0) is 33.8. The molecule has 2 heterocycles. The summed E-state index contributed by atoms with van der Waals surface area (Å²) in [5.41, 5.74) is 2.47. The van der Waals surface area contributed by atoms with Crippen LogP contribution in [0.2, 0.25) is 10.0 Å². The molecule has 0 N–H and O–H groups in total. The first-order valence-corrected chi connectivity index (χ1v) is 16.3. The lowest BCUT2D eigenvalue weighted by molar-refractivity contribution is -0.139. The number of thiazole rings is 1. The normalized spacial score (nSPS) is 14.4. The van der Waals surface area contributed by atoms with E-state index in [4.69, 9.17) is 42.1 Å². The third kappa shape index (κ3) is 7.08. The molecule has 47 heavy (non-hydrogen) atoms. The van der Waals surface area contributed by atoms with Gasteiger partial charge >= 0.3 is 5.97 Å². The summed E-state index contributed by atoms with van der Waals surface area (Å²) in [5, 5.41) is 10.1. The molecule has 0 unspecified atom stereocenters. The van der Waals surface area contributed by atoms with Crippen molar-refractivity contribution in [2.45, 2.75) is 46.4 Å². The minimum absolute atomic E-state index is 0.0631. The second-order valence-corrected chi connectivity index (χ2v) is 12.6. The van der Waals surface area contributed by atoms with Gasteiger partial charge in [0, 0.05) is 16.1 Å². The predicted octanol–water partition coefficient (Wildman–Crippen LogP) is 6.35. The Hall–Kier alpha value is -4.56. The number of nitrogens with zero attached hydrogens (tertiary/aromatic N) is 3. The fourth-order valence-corrected chi connectivity index (χ4v) is 6.80. The highest BCUT2D eigenvalue weighted by atomic mass is 35.5. The maximum atomic E-state index is 14.3. The minimum atomic E-state index is -0.865. The summed E-state index contributed by atoms with van der Waals surface area (Å²) in [4.78, 5) is 32.6. The first-order chi connectivity index (χ1) is 22.6. The quantitative estimate of drug-likeness (QED) is 0.178. The summed E-state index contributed by atoms with van der Waals surface area (Å²) in [7, 11) is 1.53. The number of carbonyl (C=O) groups is 1. The van der Waals surface area contributed by atoms with Crippen molar-refractivity contribution in [2.75, 3.05) is 13.7 Å². The van der Waals surface area contributed by atoms with Crippen LogP contribution in [0.3, 0.4) is 0 Å². The third-order valence-electron chi connectivity index (χ3n) is 7.22. The van der Waals surface area contributed by atoms with Gasteiger partial charge in [0.1, 0.15) is 12.4 Å². The summed E-state index contributed by atoms with van der Waals surface area (Å²) in [6, 6.07) is 16.9. The zero-order valence-corrected chi connectivity index (χ0v) is 28.6. The number of allylic oxidation sites excluding steroid dienone is 1. The van der Waals surface area contributed by atoms with Crippen LogP contribution in [-0.2, 0) is 16.1 Å². The number of ether oxygens (including phenoxy) is 4. The molecule has 242 valence electrons. The summed E-state index contributed by atoms with van der Waals surface area (Å²) >= 11 is 14.1. The van der Waals surface area contributed by atoms with E-state index in [1.54, 1.807) is 68.5 Å². The second-order valence-electron chi connectivity index (χ2n) is 10.7. The van der Waals surface area contributed by atoms with E-state index < -0.39 is 17.6 Å². The Morgan fingerprint density at radius 3 is 2.62 bits per heavy atom. The number of fused-ring (bicyclic) bond motifs is 1. The van der Waals surface area contributed by atoms with Gasteiger partial charge in [-0.25, -0.2) is 9.79 Å². The molecule has 5 rings (SSSR count). The number of esters is 1. The number of methoxy groups -OCH3 is 1. The molecule has 1 aliphatic rings. The standard InChI is InChI=1S/C35H31Cl2N3O6S/c1-6-44-34(42)30-20(4)39-35-40(31(30)21-11-12-27(46-19(2)3)28(14-21)43-5)33(41)29(47-35)15-24-13-25(36)16-26(37)32(24)45-18-23-10-8-7-9-22(23)17-38/h7-16,19,31H,6,18H2,1-5H3/b29-15+/t31-/m1/s1. The molecule has 0 bridgehead atoms. The molecule has 4 aromatic rings. The Kier molecular flexibility index (Phi) is 10.4. The summed E-state index contributed by atoms with van der Waals surface area (Å²) in [6.07, 6.45) is 1.54. The Balaban J connectivity index is 1.66. The molecule has 1 aliphatic heterocycles. The van der Waals surface area contributed by atoms with Crippen LogP contribution >= 0.6 is 34.5 Å². The van der Waals surface area contributed by atoms with Gasteiger partial charge in [0.25, 0.3) is 5.56 Å². The number of aromatic nitrogens is 1. The third-order valence-corrected chi connectivity index (χ3v) is 8.70. The van der Waals surface area contributed by atoms with Gasteiger partial charge in [-0.1, -0.05) is 58.8 Å². The SMILES string of the molecule is CCOC(=O)C1=C(C)N=c2s/c(=C/c3cc(Cl)cc(Cl)c3OCc3ccccc3C#N)c(=O)n2[C@@H]1c1ccc(OC(C)C)c(OC)c1. The molecular weight excluding hydrogens is 661 g/mol. The monoisotopic (exact) mass is 691 g/mol. The van der Waals surface area contributed by atoms with Crippen LogP contribution in [0.5, 0.6) is 17.2 Å². The number of hydrogen-bond donors (Lipinski definition) is 0. The highest BCUT2D eigenvalue weighted by Crippen LogP contribution is 2.37. The summed E-state index contributed by atoms with van der Waals surface area (Å²) < 4.78 is 24.8. The Morgan fingerprint density at radius 2 is 1.91 bits per heavy atom. The molecule has 0 saturated carbocycles. The smallest absolute Gasteiger partial charge is 0.338 e. The first-order valence-electron chi connectivity index (χ1n) is 14.7. The van der Waals surface area contributed by atoms with Gasteiger partial charge in [-0.2, -0.15) is 5.26 Å². The van der Waals surface area contributed by atoms with Gasteiger partial charge in [-0.15, -0.1) is 0 Å². The molecule has 0 amide bonds. The van der Waals surface area contributed by atoms with Gasteiger partial charge in [0.05, 0.1) is 58.3 Å². The number of halogens is 2. The topological polar surface area (TPSA) is 112 Å². The van der Waals surface area contributed by atoms with Crippen LogP contribution in [0.1, 0.15) is 56.0 Å². The van der Waals surface area contributed by atoms with Gasteiger partial charge < -0.3 is 18.9 Å². The number of benzene rings is 3. The van der Waals surface area contributed by atoms with Gasteiger partial charge in [-0.3, -0.25) is 9.36 Å². The Labute approximate surface area is 285 Å². The highest BCUT2D eigenvalue weighted by molar-refractivity contribution is 7.07. The van der Waals surface area contributed by atoms with E-state index >= 15 is 0 Å². The number of rotatable bonds is 10. The minimum Gasteiger partial charge on any atom is -0.493 e. The number of hydrogen-bond acceptors (Lipinski definition) is 9. The van der Waals surface area contributed by atoms with Crippen LogP contribution in [0, 0.1) is 11.3 Å². The van der Waals surface area contributed by atoms with Crippen LogP contribution < -0.4 is 29.1 Å². The largest absolute Gasteiger partial charge is 0.493 e. The van der Waals surface area contributed by atoms with E-state index in [0.29, 0.717) is 59.6 Å². The van der Waals surface area contributed by atoms with Gasteiger partial charge in [-0.05, 0) is 69.7 Å². The maximum absolute atomic E-state index is 14.3. The molecule has 0 saturated heterocycles. The fraction of sp³-hybridized carbons (Fsp3) is 0.257. The maximum Gasteiger partial charge on any atom is 0.338 e. The average Bonchev–Trinajstić information content (AvgIpc) is 3.33. The lowest BCUT2D eigenvalue weighted by Gasteiger charge is -2.25. The van der Waals surface area contributed by atoms with E-state index in [9.17, 15) is 14.9 Å². The van der Waals surface area contributed by atoms with Crippen LogP contribution in [0.4, 0.5) is 0 Å². The molecule has 0 fully saturated rings. The fourth-order valence-electron chi connectivity index (χ4n) is 5.20. The van der Waals surface area contributed by atoms with Gasteiger partial charge in [0.15, 0.2) is 16.3 Å². The van der Waals surface area contributed by atoms with Crippen LogP contribution in [0.15, 0.2) is 75.7 Å². The van der Waals surface area contributed by atoms with E-state index in [1.807, 2.05) is 19.9 Å². The average molecular weight is 693 g/mol. The number of nitriles is 1. The molecule has 1 aromatic heterocycles. The Morgan fingerprint density at radius 1 is 1.15 bits per heavy atom. The van der Waals surface area contributed by atoms with E-state index in [2.05, 4.69) is 11.1 Å². The second kappa shape index (κ2) is 14.5. The van der Waals surface area contributed by atoms with Crippen molar-refractivity contribution in [3.8, 4) is 23.3 Å². The van der Waals surface area contributed by atoms with E-state index in [-0.39, 0.29) is 29.9 Å². The molecule has 0 aliphatic carbocycles. The molecule has 1 atom stereocenters.